The Kier molecular flexibility index (Phi) is 5.27. The minimum Gasteiger partial charge on any atom is -0.347 e. The fraction of sp³-hybridized carbons (Fsp3) is 0.200. The first kappa shape index (κ1) is 15.4. The highest BCUT2D eigenvalue weighted by Gasteiger charge is 2.07. The van der Waals surface area contributed by atoms with E-state index in [0.717, 1.165) is 22.3 Å². The van der Waals surface area contributed by atoms with Gasteiger partial charge in [0.2, 0.25) is 5.91 Å². The van der Waals surface area contributed by atoms with Crippen molar-refractivity contribution < 1.29 is 9.18 Å². The van der Waals surface area contributed by atoms with Gasteiger partial charge in [-0.15, -0.1) is 0 Å². The topological polar surface area (TPSA) is 46.9 Å². The molecule has 0 unspecified atom stereocenters. The van der Waals surface area contributed by atoms with E-state index in [0.29, 0.717) is 6.54 Å². The number of aromatic nitrogens is 2. The summed E-state index contributed by atoms with van der Waals surface area (Å²) in [6.45, 7) is 3.11. The van der Waals surface area contributed by atoms with Gasteiger partial charge in [0.05, 0.1) is 22.9 Å². The quantitative estimate of drug-likeness (QED) is 0.841. The molecule has 1 heterocycles. The van der Waals surface area contributed by atoms with Gasteiger partial charge in [0, 0.05) is 12.6 Å². The Labute approximate surface area is 130 Å². The van der Waals surface area contributed by atoms with Gasteiger partial charge in [-0.25, -0.2) is 4.39 Å². The maximum Gasteiger partial charge on any atom is 0.244 e. The van der Waals surface area contributed by atoms with Gasteiger partial charge < -0.3 is 5.32 Å². The summed E-state index contributed by atoms with van der Waals surface area (Å²) < 4.78 is 15.4. The number of hydrogen-bond acceptors (Lipinski definition) is 2. The molecule has 0 aliphatic heterocycles. The van der Waals surface area contributed by atoms with Crippen LogP contribution in [-0.4, -0.2) is 15.7 Å². The van der Waals surface area contributed by atoms with E-state index in [2.05, 4.69) is 26.3 Å². The Balaban J connectivity index is 1.93. The third kappa shape index (κ3) is 4.26. The van der Waals surface area contributed by atoms with E-state index in [1.165, 1.54) is 18.2 Å². The summed E-state index contributed by atoms with van der Waals surface area (Å²) in [5.74, 6) is -0.510. The number of nitrogens with one attached hydrogen (secondary N) is 1. The molecule has 0 saturated heterocycles. The van der Waals surface area contributed by atoms with Crippen molar-refractivity contribution in [2.75, 3.05) is 0 Å². The van der Waals surface area contributed by atoms with Crippen LogP contribution in [0.4, 0.5) is 4.39 Å². The fourth-order valence-corrected chi connectivity index (χ4v) is 2.25. The number of carbonyl (C=O) groups excluding carboxylic acids is 1. The van der Waals surface area contributed by atoms with Crippen LogP contribution in [0, 0.1) is 5.82 Å². The van der Waals surface area contributed by atoms with Gasteiger partial charge in [-0.1, -0.05) is 12.1 Å². The second kappa shape index (κ2) is 7.17. The van der Waals surface area contributed by atoms with Crippen LogP contribution in [0.25, 0.3) is 6.08 Å². The van der Waals surface area contributed by atoms with Crippen LogP contribution < -0.4 is 5.32 Å². The standard InChI is InChI=1S/C15H15BrFN3O/c1-2-20-14(13(16)9-19-20)10-18-15(21)8-5-11-3-6-12(17)7-4-11/h3-9H,2,10H2,1H3,(H,18,21)/b8-5+. The highest BCUT2D eigenvalue weighted by molar-refractivity contribution is 9.10. The van der Waals surface area contributed by atoms with E-state index in [1.807, 2.05) is 11.6 Å². The lowest BCUT2D eigenvalue weighted by molar-refractivity contribution is -0.116. The lowest BCUT2D eigenvalue weighted by atomic mass is 10.2. The lowest BCUT2D eigenvalue weighted by Crippen LogP contribution is -2.22. The lowest BCUT2D eigenvalue weighted by Gasteiger charge is -2.06. The van der Waals surface area contributed by atoms with Crippen molar-refractivity contribution in [3.05, 3.63) is 58.1 Å². The van der Waals surface area contributed by atoms with Gasteiger partial charge in [0.1, 0.15) is 5.82 Å². The van der Waals surface area contributed by atoms with Crippen molar-refractivity contribution in [2.45, 2.75) is 20.0 Å². The predicted molar refractivity (Wildman–Crippen MR) is 82.9 cm³/mol. The molecule has 1 aromatic carbocycles. The zero-order chi connectivity index (χ0) is 15.2. The highest BCUT2D eigenvalue weighted by Crippen LogP contribution is 2.15. The molecular formula is C15H15BrFN3O. The molecule has 1 amide bonds. The van der Waals surface area contributed by atoms with Gasteiger partial charge in [-0.2, -0.15) is 5.10 Å². The Morgan fingerprint density at radius 1 is 1.43 bits per heavy atom. The first-order valence-corrected chi connectivity index (χ1v) is 7.31. The molecule has 1 aromatic heterocycles. The largest absolute Gasteiger partial charge is 0.347 e. The zero-order valence-electron chi connectivity index (χ0n) is 11.5. The molecule has 6 heteroatoms. The average molecular weight is 352 g/mol. The number of carbonyl (C=O) groups is 1. The minimum absolute atomic E-state index is 0.213. The van der Waals surface area contributed by atoms with E-state index in [1.54, 1.807) is 24.4 Å². The van der Waals surface area contributed by atoms with E-state index in [9.17, 15) is 9.18 Å². The summed E-state index contributed by atoms with van der Waals surface area (Å²) in [7, 11) is 0. The van der Waals surface area contributed by atoms with Crippen LogP contribution in [0.1, 0.15) is 18.2 Å². The van der Waals surface area contributed by atoms with Crippen molar-refractivity contribution in [3.63, 3.8) is 0 Å². The molecule has 1 N–H and O–H groups in total. The van der Waals surface area contributed by atoms with Gasteiger partial charge in [-0.05, 0) is 46.6 Å². The second-order valence-corrected chi connectivity index (χ2v) is 5.21. The third-order valence-corrected chi connectivity index (χ3v) is 3.59. The molecule has 0 aliphatic rings. The smallest absolute Gasteiger partial charge is 0.244 e. The van der Waals surface area contributed by atoms with E-state index >= 15 is 0 Å². The summed E-state index contributed by atoms with van der Waals surface area (Å²) in [6.07, 6.45) is 4.77. The van der Waals surface area contributed by atoms with Gasteiger partial charge >= 0.3 is 0 Å². The normalized spacial score (nSPS) is 11.0. The molecule has 0 atom stereocenters. The van der Waals surface area contributed by atoms with Crippen molar-refractivity contribution in [3.8, 4) is 0 Å². The van der Waals surface area contributed by atoms with E-state index in [4.69, 9.17) is 0 Å². The molecule has 0 aliphatic carbocycles. The summed E-state index contributed by atoms with van der Waals surface area (Å²) in [6, 6.07) is 5.94. The number of rotatable bonds is 5. The zero-order valence-corrected chi connectivity index (χ0v) is 13.1. The number of hydrogen-bond donors (Lipinski definition) is 1. The summed E-state index contributed by atoms with van der Waals surface area (Å²) >= 11 is 3.40. The number of benzene rings is 1. The monoisotopic (exact) mass is 351 g/mol. The minimum atomic E-state index is -0.297. The third-order valence-electron chi connectivity index (χ3n) is 2.92. The van der Waals surface area contributed by atoms with Crippen molar-refractivity contribution in [1.82, 2.24) is 15.1 Å². The molecule has 2 aromatic rings. The van der Waals surface area contributed by atoms with Gasteiger partial charge in [0.15, 0.2) is 0 Å². The molecule has 0 fully saturated rings. The van der Waals surface area contributed by atoms with Gasteiger partial charge in [0.25, 0.3) is 0 Å². The van der Waals surface area contributed by atoms with Crippen LogP contribution in [0.5, 0.6) is 0 Å². The average Bonchev–Trinajstić information content (AvgIpc) is 2.84. The Hall–Kier alpha value is -1.95. The van der Waals surface area contributed by atoms with Crippen molar-refractivity contribution >= 4 is 27.9 Å². The number of amides is 1. The van der Waals surface area contributed by atoms with Crippen LogP contribution >= 0.6 is 15.9 Å². The predicted octanol–water partition coefficient (Wildman–Crippen LogP) is 3.13. The molecule has 0 bridgehead atoms. The summed E-state index contributed by atoms with van der Waals surface area (Å²) in [5.41, 5.74) is 1.69. The van der Waals surface area contributed by atoms with Crippen molar-refractivity contribution in [2.24, 2.45) is 0 Å². The molecule has 110 valence electrons. The summed E-state index contributed by atoms with van der Waals surface area (Å²) in [4.78, 5) is 11.8. The van der Waals surface area contributed by atoms with E-state index < -0.39 is 0 Å². The Morgan fingerprint density at radius 2 is 2.14 bits per heavy atom. The van der Waals surface area contributed by atoms with Crippen LogP contribution in [0.15, 0.2) is 41.0 Å². The van der Waals surface area contributed by atoms with E-state index in [-0.39, 0.29) is 11.7 Å². The van der Waals surface area contributed by atoms with Crippen LogP contribution in [-0.2, 0) is 17.9 Å². The Bertz CT molecular complexity index is 649. The molecule has 2 rings (SSSR count). The number of nitrogens with zero attached hydrogens (tertiary/aromatic N) is 2. The molecule has 4 nitrogen and oxygen atoms in total. The number of halogens is 2. The van der Waals surface area contributed by atoms with Crippen LogP contribution in [0.2, 0.25) is 0 Å². The van der Waals surface area contributed by atoms with Crippen LogP contribution in [0.3, 0.4) is 0 Å². The Morgan fingerprint density at radius 3 is 2.81 bits per heavy atom. The molecular weight excluding hydrogens is 337 g/mol. The number of aryl methyl sites for hydroxylation is 1. The maximum atomic E-state index is 12.8. The maximum absolute atomic E-state index is 12.8. The SMILES string of the molecule is CCn1ncc(Br)c1CNC(=O)/C=C/c1ccc(F)cc1. The first-order valence-electron chi connectivity index (χ1n) is 6.52. The molecule has 0 spiro atoms. The van der Waals surface area contributed by atoms with Crippen molar-refractivity contribution in [1.29, 1.82) is 0 Å². The fourth-order valence-electron chi connectivity index (χ4n) is 1.81. The molecule has 0 radical (unpaired) electrons. The van der Waals surface area contributed by atoms with Gasteiger partial charge in [-0.3, -0.25) is 9.48 Å². The second-order valence-electron chi connectivity index (χ2n) is 4.36. The molecule has 21 heavy (non-hydrogen) atoms. The molecule has 0 saturated carbocycles. The highest BCUT2D eigenvalue weighted by atomic mass is 79.9. The summed E-state index contributed by atoms with van der Waals surface area (Å²) in [5, 5.41) is 6.97. The first-order chi connectivity index (χ1) is 10.1.